The molecular formula is C27H31N3O3. The SMILES string of the molecule is CCCCc1nc(=O)c(C(=O)N2CC[C@@H](c3ccccc3)C2)c(O)n1[C@@H](C)c1ccccc1. The number of nitrogens with zero attached hydrogens (tertiary/aromatic N) is 3. The standard InChI is InChI=1S/C27H31N3O3/c1-3-4-15-23-28-25(31)24(27(33)30(23)19(2)20-11-7-5-8-12-20)26(32)29-17-16-22(18-29)21-13-9-6-10-14-21/h5-14,19,22,33H,3-4,15-18H2,1-2H3/t19-,22+/m0/s1. The fraction of sp³-hybridized carbons (Fsp3) is 0.370. The Morgan fingerprint density at radius 3 is 2.45 bits per heavy atom. The molecule has 1 fully saturated rings. The average Bonchev–Trinajstić information content (AvgIpc) is 3.34. The normalized spacial score (nSPS) is 16.7. The lowest BCUT2D eigenvalue weighted by Gasteiger charge is -2.24. The largest absolute Gasteiger partial charge is 0.494 e. The Morgan fingerprint density at radius 1 is 1.12 bits per heavy atom. The number of carbonyl (C=O) groups is 1. The lowest BCUT2D eigenvalue weighted by Crippen LogP contribution is -2.35. The van der Waals surface area contributed by atoms with Crippen LogP contribution in [0.4, 0.5) is 0 Å². The molecule has 3 aromatic rings. The van der Waals surface area contributed by atoms with Crippen molar-refractivity contribution in [3.05, 3.63) is 93.5 Å². The smallest absolute Gasteiger partial charge is 0.289 e. The Morgan fingerprint density at radius 2 is 1.79 bits per heavy atom. The Balaban J connectivity index is 1.70. The summed E-state index contributed by atoms with van der Waals surface area (Å²) in [5.41, 5.74) is 1.27. The second kappa shape index (κ2) is 10.0. The first-order valence-electron chi connectivity index (χ1n) is 11.7. The Hall–Kier alpha value is -3.41. The number of rotatable bonds is 7. The van der Waals surface area contributed by atoms with Crippen molar-refractivity contribution in [3.8, 4) is 5.88 Å². The molecule has 1 N–H and O–H groups in total. The van der Waals surface area contributed by atoms with E-state index < -0.39 is 11.5 Å². The third kappa shape index (κ3) is 4.70. The molecule has 6 nitrogen and oxygen atoms in total. The number of carbonyl (C=O) groups excluding carboxylic acids is 1. The highest BCUT2D eigenvalue weighted by Crippen LogP contribution is 2.31. The van der Waals surface area contributed by atoms with Crippen LogP contribution in [0.5, 0.6) is 5.88 Å². The van der Waals surface area contributed by atoms with E-state index in [1.165, 1.54) is 5.56 Å². The zero-order valence-corrected chi connectivity index (χ0v) is 19.3. The fourth-order valence-electron chi connectivity index (χ4n) is 4.65. The van der Waals surface area contributed by atoms with Crippen molar-refractivity contribution >= 4 is 5.91 Å². The predicted octanol–water partition coefficient (Wildman–Crippen LogP) is 4.53. The van der Waals surface area contributed by atoms with Gasteiger partial charge in [-0.3, -0.25) is 14.2 Å². The van der Waals surface area contributed by atoms with E-state index in [-0.39, 0.29) is 23.4 Å². The van der Waals surface area contributed by atoms with Crippen LogP contribution in [0.25, 0.3) is 0 Å². The minimum atomic E-state index is -0.650. The highest BCUT2D eigenvalue weighted by Gasteiger charge is 2.33. The molecule has 172 valence electrons. The van der Waals surface area contributed by atoms with Gasteiger partial charge in [-0.2, -0.15) is 4.98 Å². The number of aryl methyl sites for hydroxylation is 1. The van der Waals surface area contributed by atoms with E-state index in [0.717, 1.165) is 24.8 Å². The molecule has 0 spiro atoms. The van der Waals surface area contributed by atoms with Crippen molar-refractivity contribution in [3.63, 3.8) is 0 Å². The minimum Gasteiger partial charge on any atom is -0.494 e. The van der Waals surface area contributed by atoms with Crippen molar-refractivity contribution < 1.29 is 9.90 Å². The molecule has 6 heteroatoms. The second-order valence-electron chi connectivity index (χ2n) is 8.74. The number of amides is 1. The van der Waals surface area contributed by atoms with E-state index in [9.17, 15) is 14.7 Å². The Labute approximate surface area is 194 Å². The van der Waals surface area contributed by atoms with E-state index in [0.29, 0.717) is 25.3 Å². The van der Waals surface area contributed by atoms with Crippen LogP contribution in [0.15, 0.2) is 65.5 Å². The maximum absolute atomic E-state index is 13.4. The average molecular weight is 446 g/mol. The van der Waals surface area contributed by atoms with Crippen molar-refractivity contribution in [2.24, 2.45) is 0 Å². The van der Waals surface area contributed by atoms with Gasteiger partial charge in [-0.25, -0.2) is 0 Å². The predicted molar refractivity (Wildman–Crippen MR) is 129 cm³/mol. The number of benzene rings is 2. The van der Waals surface area contributed by atoms with Crippen LogP contribution >= 0.6 is 0 Å². The lowest BCUT2D eigenvalue weighted by atomic mass is 9.99. The molecule has 1 aliphatic heterocycles. The monoisotopic (exact) mass is 445 g/mol. The van der Waals surface area contributed by atoms with Crippen molar-refractivity contribution in [2.75, 3.05) is 13.1 Å². The maximum Gasteiger partial charge on any atom is 0.289 e. The molecule has 1 amide bonds. The summed E-state index contributed by atoms with van der Waals surface area (Å²) < 4.78 is 1.66. The maximum atomic E-state index is 13.4. The van der Waals surface area contributed by atoms with Gasteiger partial charge in [0.1, 0.15) is 5.82 Å². The second-order valence-corrected chi connectivity index (χ2v) is 8.74. The molecule has 0 unspecified atom stereocenters. The van der Waals surface area contributed by atoms with E-state index in [1.807, 2.05) is 55.5 Å². The fourth-order valence-corrected chi connectivity index (χ4v) is 4.65. The van der Waals surface area contributed by atoms with Crippen LogP contribution in [0.3, 0.4) is 0 Å². The summed E-state index contributed by atoms with van der Waals surface area (Å²) in [4.78, 5) is 32.3. The topological polar surface area (TPSA) is 75.4 Å². The molecule has 2 aromatic carbocycles. The summed E-state index contributed by atoms with van der Waals surface area (Å²) in [6.45, 7) is 5.08. The van der Waals surface area contributed by atoms with Gasteiger partial charge in [-0.15, -0.1) is 0 Å². The quantitative estimate of drug-likeness (QED) is 0.580. The number of hydrogen-bond donors (Lipinski definition) is 1. The van der Waals surface area contributed by atoms with E-state index in [1.54, 1.807) is 9.47 Å². The van der Waals surface area contributed by atoms with Gasteiger partial charge < -0.3 is 10.0 Å². The molecule has 1 saturated heterocycles. The molecule has 0 aliphatic carbocycles. The van der Waals surface area contributed by atoms with Crippen LogP contribution in [0, 0.1) is 0 Å². The van der Waals surface area contributed by atoms with Gasteiger partial charge in [0.05, 0.1) is 6.04 Å². The number of likely N-dealkylation sites (tertiary alicyclic amines) is 1. The van der Waals surface area contributed by atoms with Crippen LogP contribution in [-0.4, -0.2) is 38.6 Å². The van der Waals surface area contributed by atoms with Crippen LogP contribution in [0.2, 0.25) is 0 Å². The number of aromatic nitrogens is 2. The summed E-state index contributed by atoms with van der Waals surface area (Å²) in [6, 6.07) is 19.6. The first-order valence-corrected chi connectivity index (χ1v) is 11.7. The van der Waals surface area contributed by atoms with Crippen molar-refractivity contribution in [1.82, 2.24) is 14.5 Å². The molecule has 2 heterocycles. The third-order valence-corrected chi connectivity index (χ3v) is 6.56. The number of aromatic hydroxyl groups is 1. The lowest BCUT2D eigenvalue weighted by molar-refractivity contribution is 0.0783. The zero-order chi connectivity index (χ0) is 23.4. The molecule has 0 saturated carbocycles. The molecular weight excluding hydrogens is 414 g/mol. The van der Waals surface area contributed by atoms with Gasteiger partial charge in [0.15, 0.2) is 5.56 Å². The van der Waals surface area contributed by atoms with Gasteiger partial charge in [-0.05, 0) is 30.9 Å². The third-order valence-electron chi connectivity index (χ3n) is 6.56. The van der Waals surface area contributed by atoms with Gasteiger partial charge in [0.2, 0.25) is 5.88 Å². The molecule has 2 atom stereocenters. The summed E-state index contributed by atoms with van der Waals surface area (Å²) in [5, 5.41) is 11.3. The van der Waals surface area contributed by atoms with Crippen LogP contribution < -0.4 is 5.56 Å². The molecule has 0 radical (unpaired) electrons. The van der Waals surface area contributed by atoms with E-state index in [4.69, 9.17) is 0 Å². The molecule has 0 bridgehead atoms. The van der Waals surface area contributed by atoms with E-state index in [2.05, 4.69) is 24.0 Å². The van der Waals surface area contributed by atoms with Gasteiger partial charge in [-0.1, -0.05) is 74.0 Å². The molecule has 1 aliphatic rings. The highest BCUT2D eigenvalue weighted by molar-refractivity contribution is 5.96. The Bertz CT molecular complexity index is 1160. The van der Waals surface area contributed by atoms with Gasteiger partial charge in [0, 0.05) is 25.4 Å². The zero-order valence-electron chi connectivity index (χ0n) is 19.3. The number of unbranched alkanes of at least 4 members (excludes halogenated alkanes) is 1. The first kappa shape index (κ1) is 22.8. The van der Waals surface area contributed by atoms with Gasteiger partial charge >= 0.3 is 0 Å². The summed E-state index contributed by atoms with van der Waals surface area (Å²) >= 11 is 0. The Kier molecular flexibility index (Phi) is 6.92. The summed E-state index contributed by atoms with van der Waals surface area (Å²) in [7, 11) is 0. The molecule has 4 rings (SSSR count). The van der Waals surface area contributed by atoms with Crippen LogP contribution in [-0.2, 0) is 6.42 Å². The van der Waals surface area contributed by atoms with Crippen molar-refractivity contribution in [1.29, 1.82) is 0 Å². The minimum absolute atomic E-state index is 0.222. The summed E-state index contributed by atoms with van der Waals surface area (Å²) in [5.74, 6) is 0.000450. The van der Waals surface area contributed by atoms with E-state index >= 15 is 0 Å². The first-order chi connectivity index (χ1) is 16.0. The summed E-state index contributed by atoms with van der Waals surface area (Å²) in [6.07, 6.45) is 3.16. The van der Waals surface area contributed by atoms with Crippen molar-refractivity contribution in [2.45, 2.75) is 51.5 Å². The van der Waals surface area contributed by atoms with Gasteiger partial charge in [0.25, 0.3) is 11.5 Å². The highest BCUT2D eigenvalue weighted by atomic mass is 16.3. The van der Waals surface area contributed by atoms with Crippen LogP contribution in [0.1, 0.15) is 72.4 Å². The molecule has 33 heavy (non-hydrogen) atoms. The number of hydrogen-bond acceptors (Lipinski definition) is 4. The molecule has 1 aromatic heterocycles.